The van der Waals surface area contributed by atoms with Gasteiger partial charge < -0.3 is 14.2 Å². The van der Waals surface area contributed by atoms with Crippen LogP contribution in [0.1, 0.15) is 30.0 Å². The van der Waals surface area contributed by atoms with Crippen LogP contribution in [0.3, 0.4) is 0 Å². The van der Waals surface area contributed by atoms with Crippen molar-refractivity contribution >= 4 is 30.6 Å². The highest BCUT2D eigenvalue weighted by atomic mass is 32.1. The van der Waals surface area contributed by atoms with Crippen molar-refractivity contribution in [3.63, 3.8) is 0 Å². The van der Waals surface area contributed by atoms with E-state index in [1.165, 1.54) is 5.56 Å². The third-order valence-electron chi connectivity index (χ3n) is 5.49. The molecule has 7 heteroatoms. The van der Waals surface area contributed by atoms with E-state index in [1.54, 1.807) is 23.3 Å². The van der Waals surface area contributed by atoms with Crippen molar-refractivity contribution in [1.29, 1.82) is 0 Å². The molecule has 5 nitrogen and oxygen atoms in total. The largest absolute Gasteiger partial charge is 0.497 e. The van der Waals surface area contributed by atoms with Gasteiger partial charge in [-0.15, -0.1) is 11.3 Å². The zero-order chi connectivity index (χ0) is 20.0. The van der Waals surface area contributed by atoms with Gasteiger partial charge >= 0.3 is 0 Å². The van der Waals surface area contributed by atoms with E-state index in [0.29, 0.717) is 5.82 Å². The number of fused-ring (bicyclic) bond motifs is 3. The SMILES string of the molecule is Bc1cc2c(cc1OC)CCn1c(C(=O)N(C)C(C)C)nc(-c3cccs3)c1-2. The fourth-order valence-corrected chi connectivity index (χ4v) is 4.41. The zero-order valence-electron chi connectivity index (χ0n) is 16.9. The molecule has 0 radical (unpaired) electrons. The van der Waals surface area contributed by atoms with Crippen LogP contribution in [0.15, 0.2) is 29.6 Å². The molecule has 1 aliphatic heterocycles. The Morgan fingerprint density at radius 2 is 2.18 bits per heavy atom. The molecule has 1 aliphatic rings. The lowest BCUT2D eigenvalue weighted by Crippen LogP contribution is -2.35. The van der Waals surface area contributed by atoms with E-state index in [1.807, 2.05) is 32.3 Å². The minimum absolute atomic E-state index is 0.0345. The van der Waals surface area contributed by atoms with Crippen molar-refractivity contribution in [2.45, 2.75) is 32.9 Å². The molecule has 0 bridgehead atoms. The van der Waals surface area contributed by atoms with Gasteiger partial charge in [0.2, 0.25) is 0 Å². The lowest BCUT2D eigenvalue weighted by atomic mass is 9.87. The van der Waals surface area contributed by atoms with Gasteiger partial charge in [-0.05, 0) is 48.8 Å². The van der Waals surface area contributed by atoms with Crippen LogP contribution in [-0.4, -0.2) is 48.4 Å². The molecule has 1 amide bonds. The van der Waals surface area contributed by atoms with Gasteiger partial charge in [0.05, 0.1) is 17.7 Å². The maximum Gasteiger partial charge on any atom is 0.289 e. The molecule has 0 unspecified atom stereocenters. The number of carbonyl (C=O) groups is 1. The fourth-order valence-electron chi connectivity index (χ4n) is 3.69. The fraction of sp³-hybridized carbons (Fsp3) is 0.333. The first-order valence-corrected chi connectivity index (χ1v) is 10.4. The molecule has 0 spiro atoms. The van der Waals surface area contributed by atoms with Gasteiger partial charge in [0.25, 0.3) is 5.91 Å². The Labute approximate surface area is 170 Å². The van der Waals surface area contributed by atoms with Crippen molar-refractivity contribution in [2.24, 2.45) is 0 Å². The molecule has 2 aromatic heterocycles. The minimum Gasteiger partial charge on any atom is -0.497 e. The predicted octanol–water partition coefficient (Wildman–Crippen LogP) is 2.58. The van der Waals surface area contributed by atoms with E-state index in [0.717, 1.165) is 46.0 Å². The number of benzene rings is 1. The van der Waals surface area contributed by atoms with Crippen molar-refractivity contribution in [2.75, 3.05) is 14.2 Å². The third-order valence-corrected chi connectivity index (χ3v) is 6.37. The van der Waals surface area contributed by atoms with Crippen LogP contribution in [0, 0.1) is 0 Å². The monoisotopic (exact) mass is 393 g/mol. The Hall–Kier alpha value is -2.54. The summed E-state index contributed by atoms with van der Waals surface area (Å²) in [6.07, 6.45) is 0.852. The third kappa shape index (κ3) is 2.94. The number of aryl methyl sites for hydroxylation is 1. The van der Waals surface area contributed by atoms with Gasteiger partial charge in [-0.1, -0.05) is 12.1 Å². The summed E-state index contributed by atoms with van der Waals surface area (Å²) >= 11 is 1.65. The molecule has 0 saturated heterocycles. The second-order valence-corrected chi connectivity index (χ2v) is 8.45. The van der Waals surface area contributed by atoms with Gasteiger partial charge in [-0.3, -0.25) is 4.79 Å². The van der Waals surface area contributed by atoms with Crippen molar-refractivity contribution < 1.29 is 9.53 Å². The highest BCUT2D eigenvalue weighted by molar-refractivity contribution is 7.13. The molecule has 4 rings (SSSR count). The van der Waals surface area contributed by atoms with Gasteiger partial charge in [0, 0.05) is 25.2 Å². The van der Waals surface area contributed by atoms with E-state index < -0.39 is 0 Å². The molecule has 144 valence electrons. The average molecular weight is 393 g/mol. The van der Waals surface area contributed by atoms with Crippen LogP contribution >= 0.6 is 11.3 Å². The van der Waals surface area contributed by atoms with E-state index in [-0.39, 0.29) is 11.9 Å². The number of amides is 1. The van der Waals surface area contributed by atoms with Crippen LogP contribution in [0.25, 0.3) is 21.8 Å². The molecule has 0 N–H and O–H groups in total. The Morgan fingerprint density at radius 3 is 2.82 bits per heavy atom. The minimum atomic E-state index is -0.0345. The first-order chi connectivity index (χ1) is 13.4. The molecular formula is C21H24BN3O2S. The van der Waals surface area contributed by atoms with Crippen molar-refractivity contribution in [3.05, 3.63) is 41.0 Å². The number of methoxy groups -OCH3 is 1. The Morgan fingerprint density at radius 1 is 1.39 bits per heavy atom. The molecule has 3 aromatic rings. The van der Waals surface area contributed by atoms with Crippen LogP contribution in [0.5, 0.6) is 5.75 Å². The number of ether oxygens (including phenoxy) is 1. The summed E-state index contributed by atoms with van der Waals surface area (Å²) in [7, 11) is 5.60. The zero-order valence-corrected chi connectivity index (χ0v) is 17.8. The number of thiophene rings is 1. The lowest BCUT2D eigenvalue weighted by Gasteiger charge is -2.25. The van der Waals surface area contributed by atoms with Gasteiger partial charge in [0.15, 0.2) is 5.82 Å². The highest BCUT2D eigenvalue weighted by Gasteiger charge is 2.30. The molecule has 0 aliphatic carbocycles. The summed E-state index contributed by atoms with van der Waals surface area (Å²) in [5, 5.41) is 2.05. The summed E-state index contributed by atoms with van der Waals surface area (Å²) in [5.74, 6) is 1.39. The summed E-state index contributed by atoms with van der Waals surface area (Å²) < 4.78 is 7.62. The Bertz CT molecular complexity index is 1040. The highest BCUT2D eigenvalue weighted by Crippen LogP contribution is 2.40. The summed E-state index contributed by atoms with van der Waals surface area (Å²) in [4.78, 5) is 20.8. The number of hydrogen-bond donors (Lipinski definition) is 0. The molecule has 0 saturated carbocycles. The number of rotatable bonds is 4. The quantitative estimate of drug-likeness (QED) is 0.641. The smallest absolute Gasteiger partial charge is 0.289 e. The molecule has 0 atom stereocenters. The molecule has 28 heavy (non-hydrogen) atoms. The number of hydrogen-bond acceptors (Lipinski definition) is 4. The van der Waals surface area contributed by atoms with Crippen LogP contribution in [0.2, 0.25) is 0 Å². The Balaban J connectivity index is 1.95. The number of carbonyl (C=O) groups excluding carboxylic acids is 1. The van der Waals surface area contributed by atoms with Crippen molar-refractivity contribution in [3.8, 4) is 27.6 Å². The number of nitrogens with zero attached hydrogens (tertiary/aromatic N) is 3. The predicted molar refractivity (Wildman–Crippen MR) is 117 cm³/mol. The Kier molecular flexibility index (Phi) is 4.79. The summed E-state index contributed by atoms with van der Waals surface area (Å²) in [5.41, 5.74) is 5.40. The summed E-state index contributed by atoms with van der Waals surface area (Å²) in [6.45, 7) is 4.77. The summed E-state index contributed by atoms with van der Waals surface area (Å²) in [6, 6.07) is 8.50. The molecule has 0 fully saturated rings. The maximum absolute atomic E-state index is 13.1. The topological polar surface area (TPSA) is 47.4 Å². The first-order valence-electron chi connectivity index (χ1n) is 9.51. The van der Waals surface area contributed by atoms with Gasteiger partial charge in [0.1, 0.15) is 19.3 Å². The van der Waals surface area contributed by atoms with Crippen LogP contribution in [0.4, 0.5) is 0 Å². The standard InChI is InChI=1S/C21H24BN3O2S/c1-12(2)24(3)21(26)20-23-18(17-6-5-9-28-17)19-14-11-15(22)16(27-4)10-13(14)7-8-25(19)20/h5-6,9-12H,7-8,22H2,1-4H3. The van der Waals surface area contributed by atoms with E-state index in [2.05, 4.69) is 30.6 Å². The van der Waals surface area contributed by atoms with E-state index >= 15 is 0 Å². The number of aromatic nitrogens is 2. The van der Waals surface area contributed by atoms with E-state index in [4.69, 9.17) is 9.72 Å². The van der Waals surface area contributed by atoms with Crippen LogP contribution < -0.4 is 10.2 Å². The van der Waals surface area contributed by atoms with Gasteiger partial charge in [-0.2, -0.15) is 0 Å². The number of imidazole rings is 1. The van der Waals surface area contributed by atoms with E-state index in [9.17, 15) is 4.79 Å². The van der Waals surface area contributed by atoms with Crippen molar-refractivity contribution in [1.82, 2.24) is 14.5 Å². The first kappa shape index (κ1) is 18.8. The molecule has 3 heterocycles. The lowest BCUT2D eigenvalue weighted by molar-refractivity contribution is 0.0737. The van der Waals surface area contributed by atoms with Gasteiger partial charge in [-0.25, -0.2) is 4.98 Å². The maximum atomic E-state index is 13.1. The molecule has 1 aromatic carbocycles. The second-order valence-electron chi connectivity index (χ2n) is 7.50. The van der Waals surface area contributed by atoms with Crippen LogP contribution in [-0.2, 0) is 13.0 Å². The normalized spacial score (nSPS) is 12.6. The average Bonchev–Trinajstić information content (AvgIpc) is 3.33. The second kappa shape index (κ2) is 7.13. The molecular weight excluding hydrogens is 369 g/mol.